The van der Waals surface area contributed by atoms with Crippen molar-refractivity contribution >= 4 is 17.5 Å². The summed E-state index contributed by atoms with van der Waals surface area (Å²) in [5, 5.41) is 0.741. The summed E-state index contributed by atoms with van der Waals surface area (Å²) in [4.78, 5) is 14.3. The van der Waals surface area contributed by atoms with E-state index in [9.17, 15) is 4.79 Å². The van der Waals surface area contributed by atoms with Crippen molar-refractivity contribution < 1.29 is 14.3 Å². The van der Waals surface area contributed by atoms with Crippen LogP contribution < -0.4 is 9.47 Å². The number of hydrogen-bond acceptors (Lipinski definition) is 3. The Balaban J connectivity index is 1.50. The lowest BCUT2D eigenvalue weighted by Crippen LogP contribution is -2.32. The molecule has 1 aliphatic carbocycles. The van der Waals surface area contributed by atoms with Gasteiger partial charge in [0.2, 0.25) is 5.91 Å². The molecule has 0 bridgehead atoms. The van der Waals surface area contributed by atoms with Gasteiger partial charge in [-0.25, -0.2) is 0 Å². The summed E-state index contributed by atoms with van der Waals surface area (Å²) in [6.45, 7) is 0.953. The molecule has 2 aromatic carbocycles. The zero-order valence-corrected chi connectivity index (χ0v) is 15.2. The van der Waals surface area contributed by atoms with Crippen LogP contribution in [0.25, 0.3) is 0 Å². The van der Waals surface area contributed by atoms with Crippen molar-refractivity contribution in [1.29, 1.82) is 0 Å². The van der Waals surface area contributed by atoms with Gasteiger partial charge < -0.3 is 14.4 Å². The number of hydrogen-bond donors (Lipinski definition) is 0. The Morgan fingerprint density at radius 2 is 1.84 bits per heavy atom. The van der Waals surface area contributed by atoms with Gasteiger partial charge in [-0.2, -0.15) is 0 Å². The number of carbonyl (C=O) groups is 1. The number of rotatable bonds is 7. The Hall–Kier alpha value is -2.20. The fraction of sp³-hybridized carbons (Fsp3) is 0.350. The maximum atomic E-state index is 12.6. The molecule has 5 heteroatoms. The second-order valence-electron chi connectivity index (χ2n) is 6.23. The fourth-order valence-electron chi connectivity index (χ4n) is 3.01. The van der Waals surface area contributed by atoms with Crippen molar-refractivity contribution in [2.75, 3.05) is 27.3 Å². The lowest BCUT2D eigenvalue weighted by Gasteiger charge is -2.18. The molecule has 1 aliphatic rings. The number of nitrogens with zero attached hydrogens (tertiary/aromatic N) is 1. The number of methoxy groups -OCH3 is 1. The van der Waals surface area contributed by atoms with Crippen LogP contribution in [0.4, 0.5) is 0 Å². The number of amides is 1. The van der Waals surface area contributed by atoms with Crippen molar-refractivity contribution in [1.82, 2.24) is 4.90 Å². The molecule has 0 spiro atoms. The van der Waals surface area contributed by atoms with Crippen LogP contribution in [0.2, 0.25) is 5.02 Å². The predicted octanol–water partition coefficient (Wildman–Crippen LogP) is 3.99. The maximum Gasteiger partial charge on any atom is 0.226 e. The van der Waals surface area contributed by atoms with Crippen LogP contribution in [-0.4, -0.2) is 38.1 Å². The number of ether oxygens (including phenoxy) is 2. The smallest absolute Gasteiger partial charge is 0.226 e. The maximum absolute atomic E-state index is 12.6. The Morgan fingerprint density at radius 3 is 2.56 bits per heavy atom. The highest BCUT2D eigenvalue weighted by Crippen LogP contribution is 2.50. The minimum absolute atomic E-state index is 0.0242. The van der Waals surface area contributed by atoms with Crippen LogP contribution in [0, 0.1) is 5.92 Å². The minimum atomic E-state index is 0.0242. The van der Waals surface area contributed by atoms with E-state index < -0.39 is 0 Å². The summed E-state index contributed by atoms with van der Waals surface area (Å²) in [5.74, 6) is 1.78. The molecular formula is C20H22ClNO3. The van der Waals surface area contributed by atoms with Gasteiger partial charge in [0.05, 0.1) is 13.7 Å². The molecular weight excluding hydrogens is 338 g/mol. The summed E-state index contributed by atoms with van der Waals surface area (Å²) in [5.41, 5.74) is 1.07. The third-order valence-electron chi connectivity index (χ3n) is 4.54. The largest absolute Gasteiger partial charge is 0.493 e. The molecule has 1 fully saturated rings. The Bertz CT molecular complexity index is 749. The summed E-state index contributed by atoms with van der Waals surface area (Å²) in [7, 11) is 3.43. The fourth-order valence-corrected chi connectivity index (χ4v) is 3.29. The first-order chi connectivity index (χ1) is 12.1. The van der Waals surface area contributed by atoms with E-state index >= 15 is 0 Å². The van der Waals surface area contributed by atoms with Gasteiger partial charge in [0, 0.05) is 18.0 Å². The summed E-state index contributed by atoms with van der Waals surface area (Å²) in [6, 6.07) is 15.2. The van der Waals surface area contributed by atoms with Crippen LogP contribution in [-0.2, 0) is 4.79 Å². The van der Waals surface area contributed by atoms with Crippen molar-refractivity contribution in [2.24, 2.45) is 5.92 Å². The van der Waals surface area contributed by atoms with Gasteiger partial charge in [-0.05, 0) is 36.1 Å². The molecule has 1 saturated carbocycles. The Kier molecular flexibility index (Phi) is 5.49. The predicted molar refractivity (Wildman–Crippen MR) is 98.4 cm³/mol. The summed E-state index contributed by atoms with van der Waals surface area (Å²) in [6.07, 6.45) is 0.861. The molecule has 0 aliphatic heterocycles. The van der Waals surface area contributed by atoms with Crippen molar-refractivity contribution in [3.05, 3.63) is 59.1 Å². The summed E-state index contributed by atoms with van der Waals surface area (Å²) >= 11 is 6.23. The SMILES string of the molecule is COc1ccccc1OCCN(C)C(=O)C1CC1c1ccccc1Cl. The number of benzene rings is 2. The van der Waals surface area contributed by atoms with Gasteiger partial charge in [0.1, 0.15) is 6.61 Å². The minimum Gasteiger partial charge on any atom is -0.493 e. The van der Waals surface area contributed by atoms with Gasteiger partial charge in [-0.3, -0.25) is 4.79 Å². The van der Waals surface area contributed by atoms with E-state index in [1.54, 1.807) is 12.0 Å². The molecule has 0 N–H and O–H groups in total. The van der Waals surface area contributed by atoms with E-state index in [1.165, 1.54) is 0 Å². The monoisotopic (exact) mass is 359 g/mol. The van der Waals surface area contributed by atoms with Crippen LogP contribution in [0.1, 0.15) is 17.9 Å². The number of likely N-dealkylation sites (N-methyl/N-ethyl adjacent to an activating group) is 1. The van der Waals surface area contributed by atoms with E-state index in [-0.39, 0.29) is 17.7 Å². The normalized spacial score (nSPS) is 18.5. The van der Waals surface area contributed by atoms with E-state index in [2.05, 4.69) is 0 Å². The molecule has 0 radical (unpaired) electrons. The number of halogens is 1. The first-order valence-corrected chi connectivity index (χ1v) is 8.75. The van der Waals surface area contributed by atoms with Gasteiger partial charge in [0.25, 0.3) is 0 Å². The molecule has 0 aromatic heterocycles. The van der Waals surface area contributed by atoms with Crippen LogP contribution in [0.5, 0.6) is 11.5 Å². The topological polar surface area (TPSA) is 38.8 Å². The summed E-state index contributed by atoms with van der Waals surface area (Å²) < 4.78 is 11.0. The molecule has 3 rings (SSSR count). The van der Waals surface area contributed by atoms with E-state index in [4.69, 9.17) is 21.1 Å². The van der Waals surface area contributed by atoms with Gasteiger partial charge in [-0.1, -0.05) is 41.9 Å². The Morgan fingerprint density at radius 1 is 1.16 bits per heavy atom. The highest BCUT2D eigenvalue weighted by atomic mass is 35.5. The standard InChI is InChI=1S/C20H22ClNO3/c1-22(11-12-25-19-10-6-5-9-18(19)24-2)20(23)16-13-15(16)14-7-3-4-8-17(14)21/h3-10,15-16H,11-13H2,1-2H3. The van der Waals surface area contributed by atoms with Crippen molar-refractivity contribution in [3.63, 3.8) is 0 Å². The zero-order chi connectivity index (χ0) is 17.8. The van der Waals surface area contributed by atoms with E-state index in [1.807, 2.05) is 55.6 Å². The number of para-hydroxylation sites is 2. The quantitative estimate of drug-likeness (QED) is 0.750. The van der Waals surface area contributed by atoms with Gasteiger partial charge in [0.15, 0.2) is 11.5 Å². The molecule has 2 unspecified atom stereocenters. The second kappa shape index (κ2) is 7.79. The van der Waals surface area contributed by atoms with Crippen LogP contribution in [0.3, 0.4) is 0 Å². The third kappa shape index (κ3) is 4.07. The first-order valence-electron chi connectivity index (χ1n) is 8.37. The van der Waals surface area contributed by atoms with E-state index in [0.29, 0.717) is 24.7 Å². The highest BCUT2D eigenvalue weighted by Gasteiger charge is 2.45. The average molecular weight is 360 g/mol. The van der Waals surface area contributed by atoms with Crippen LogP contribution in [0.15, 0.2) is 48.5 Å². The zero-order valence-electron chi connectivity index (χ0n) is 14.4. The molecule has 1 amide bonds. The molecule has 0 saturated heterocycles. The first kappa shape index (κ1) is 17.6. The van der Waals surface area contributed by atoms with Crippen LogP contribution >= 0.6 is 11.6 Å². The molecule has 132 valence electrons. The highest BCUT2D eigenvalue weighted by molar-refractivity contribution is 6.31. The molecule has 0 heterocycles. The Labute approximate surface area is 153 Å². The molecule has 25 heavy (non-hydrogen) atoms. The van der Waals surface area contributed by atoms with Gasteiger partial charge in [-0.15, -0.1) is 0 Å². The molecule has 2 aromatic rings. The lowest BCUT2D eigenvalue weighted by atomic mass is 10.1. The number of carbonyl (C=O) groups excluding carboxylic acids is 1. The van der Waals surface area contributed by atoms with E-state index in [0.717, 1.165) is 17.0 Å². The molecule has 4 nitrogen and oxygen atoms in total. The second-order valence-corrected chi connectivity index (χ2v) is 6.64. The third-order valence-corrected chi connectivity index (χ3v) is 4.89. The van der Waals surface area contributed by atoms with Crippen molar-refractivity contribution in [3.8, 4) is 11.5 Å². The van der Waals surface area contributed by atoms with Gasteiger partial charge >= 0.3 is 0 Å². The molecule has 2 atom stereocenters. The lowest BCUT2D eigenvalue weighted by molar-refractivity contribution is -0.131. The average Bonchev–Trinajstić information content (AvgIpc) is 3.42. The van der Waals surface area contributed by atoms with Crippen molar-refractivity contribution in [2.45, 2.75) is 12.3 Å².